The average molecular weight is 498 g/mol. The highest BCUT2D eigenvalue weighted by atomic mass is 127. The molecule has 2 N–H and O–H groups in total. The van der Waals surface area contributed by atoms with E-state index < -0.39 is 0 Å². The highest BCUT2D eigenvalue weighted by Crippen LogP contribution is 2.06. The minimum Gasteiger partial charge on any atom is -0.354 e. The minimum atomic E-state index is 0. The summed E-state index contributed by atoms with van der Waals surface area (Å²) in [6, 6.07) is 12.5. The summed E-state index contributed by atoms with van der Waals surface area (Å²) in [5.41, 5.74) is 2.05. The predicted molar refractivity (Wildman–Crippen MR) is 129 cm³/mol. The second-order valence-electron chi connectivity index (χ2n) is 6.73. The van der Waals surface area contributed by atoms with Gasteiger partial charge in [-0.2, -0.15) is 5.10 Å². The normalized spacial score (nSPS) is 12.5. The largest absolute Gasteiger partial charge is 0.354 e. The van der Waals surface area contributed by atoms with Gasteiger partial charge in [0.2, 0.25) is 0 Å². The first-order chi connectivity index (χ1) is 13.2. The van der Waals surface area contributed by atoms with Gasteiger partial charge in [0.05, 0.1) is 17.9 Å². The topological polar surface area (TPSA) is 57.5 Å². The van der Waals surface area contributed by atoms with Crippen LogP contribution >= 0.6 is 24.0 Å². The van der Waals surface area contributed by atoms with Crippen molar-refractivity contribution in [2.75, 3.05) is 26.7 Å². The molecule has 7 heteroatoms. The van der Waals surface area contributed by atoms with Crippen LogP contribution in [0.3, 0.4) is 0 Å². The van der Waals surface area contributed by atoms with Gasteiger partial charge in [0.1, 0.15) is 0 Å². The molecule has 1 unspecified atom stereocenters. The number of aromatic nitrogens is 2. The molecule has 28 heavy (non-hydrogen) atoms. The molecule has 2 aromatic rings. The predicted octanol–water partition coefficient (Wildman–Crippen LogP) is 3.67. The zero-order valence-electron chi connectivity index (χ0n) is 17.6. The summed E-state index contributed by atoms with van der Waals surface area (Å²) in [5.74, 6) is 0.819. The van der Waals surface area contributed by atoms with Crippen LogP contribution in [0, 0.1) is 0 Å². The second-order valence-corrected chi connectivity index (χ2v) is 6.73. The molecule has 0 spiro atoms. The van der Waals surface area contributed by atoms with Gasteiger partial charge in [-0.3, -0.25) is 4.99 Å². The van der Waals surface area contributed by atoms with Crippen molar-refractivity contribution in [1.29, 1.82) is 0 Å². The third kappa shape index (κ3) is 8.18. The monoisotopic (exact) mass is 498 g/mol. The van der Waals surface area contributed by atoms with Crippen LogP contribution in [0.5, 0.6) is 0 Å². The van der Waals surface area contributed by atoms with Crippen LogP contribution in [0.25, 0.3) is 5.69 Å². The molecule has 1 heterocycles. The summed E-state index contributed by atoms with van der Waals surface area (Å²) in [6.45, 7) is 10.7. The summed E-state index contributed by atoms with van der Waals surface area (Å²) in [4.78, 5) is 6.79. The number of nitrogens with one attached hydrogen (secondary N) is 2. The van der Waals surface area contributed by atoms with E-state index in [1.54, 1.807) is 7.05 Å². The SMILES string of the molecule is CCN(CC)CCCC(C)NC(=NC)NCc1ccn(-c2ccccc2)n1.I. The number of para-hydroxylation sites is 1. The summed E-state index contributed by atoms with van der Waals surface area (Å²) in [7, 11) is 1.81. The van der Waals surface area contributed by atoms with Gasteiger partial charge in [-0.1, -0.05) is 32.0 Å². The highest BCUT2D eigenvalue weighted by molar-refractivity contribution is 14.0. The fourth-order valence-corrected chi connectivity index (χ4v) is 3.02. The Balaban J connectivity index is 0.00000392. The van der Waals surface area contributed by atoms with Crippen molar-refractivity contribution < 1.29 is 0 Å². The fraction of sp³-hybridized carbons (Fsp3) is 0.524. The number of benzene rings is 1. The van der Waals surface area contributed by atoms with Crippen LogP contribution in [0.15, 0.2) is 47.6 Å². The summed E-state index contributed by atoms with van der Waals surface area (Å²) in [5, 5.41) is 11.4. The van der Waals surface area contributed by atoms with Crippen LogP contribution in [0.1, 0.15) is 39.3 Å². The molecule has 0 saturated heterocycles. The van der Waals surface area contributed by atoms with Crippen molar-refractivity contribution in [3.8, 4) is 5.69 Å². The maximum atomic E-state index is 4.62. The van der Waals surface area contributed by atoms with Crippen molar-refractivity contribution in [2.24, 2.45) is 4.99 Å². The van der Waals surface area contributed by atoms with Gasteiger partial charge in [0.25, 0.3) is 0 Å². The maximum Gasteiger partial charge on any atom is 0.191 e. The van der Waals surface area contributed by atoms with E-state index in [2.05, 4.69) is 46.4 Å². The smallest absolute Gasteiger partial charge is 0.191 e. The molecule has 0 saturated carbocycles. The number of aliphatic imine (C=N–C) groups is 1. The zero-order chi connectivity index (χ0) is 19.5. The molecule has 0 amide bonds. The lowest BCUT2D eigenvalue weighted by atomic mass is 10.2. The van der Waals surface area contributed by atoms with Gasteiger partial charge in [-0.15, -0.1) is 24.0 Å². The van der Waals surface area contributed by atoms with E-state index >= 15 is 0 Å². The molecule has 0 aliphatic heterocycles. The lowest BCUT2D eigenvalue weighted by molar-refractivity contribution is 0.292. The Morgan fingerprint density at radius 2 is 1.89 bits per heavy atom. The molecular formula is C21H35IN6. The van der Waals surface area contributed by atoms with E-state index in [0.29, 0.717) is 12.6 Å². The Labute approximate surface area is 186 Å². The molecule has 0 aliphatic rings. The average Bonchev–Trinajstić information content (AvgIpc) is 3.18. The maximum absolute atomic E-state index is 4.62. The van der Waals surface area contributed by atoms with Gasteiger partial charge in [-0.25, -0.2) is 4.68 Å². The molecule has 0 fully saturated rings. The highest BCUT2D eigenvalue weighted by Gasteiger charge is 2.07. The summed E-state index contributed by atoms with van der Waals surface area (Å²) in [6.07, 6.45) is 4.30. The third-order valence-electron chi connectivity index (χ3n) is 4.71. The lowest BCUT2D eigenvalue weighted by Gasteiger charge is -2.21. The molecule has 6 nitrogen and oxygen atoms in total. The Morgan fingerprint density at radius 1 is 1.18 bits per heavy atom. The second kappa shape index (κ2) is 13.5. The van der Waals surface area contributed by atoms with Crippen molar-refractivity contribution in [1.82, 2.24) is 25.3 Å². The number of halogens is 1. The number of guanidine groups is 1. The zero-order valence-corrected chi connectivity index (χ0v) is 19.9. The number of nitrogens with zero attached hydrogens (tertiary/aromatic N) is 4. The quantitative estimate of drug-likeness (QED) is 0.298. The van der Waals surface area contributed by atoms with Crippen LogP contribution < -0.4 is 10.6 Å². The Hall–Kier alpha value is -1.61. The van der Waals surface area contributed by atoms with Gasteiger partial charge in [-0.05, 0) is 57.6 Å². The van der Waals surface area contributed by atoms with Crippen LogP contribution in [0.4, 0.5) is 0 Å². The van der Waals surface area contributed by atoms with Gasteiger partial charge >= 0.3 is 0 Å². The van der Waals surface area contributed by atoms with Crippen molar-refractivity contribution in [2.45, 2.75) is 46.2 Å². The molecule has 1 atom stereocenters. The Morgan fingerprint density at radius 3 is 2.54 bits per heavy atom. The van der Waals surface area contributed by atoms with Crippen molar-refractivity contribution >= 4 is 29.9 Å². The molecule has 0 radical (unpaired) electrons. The number of hydrogen-bond acceptors (Lipinski definition) is 3. The Bertz CT molecular complexity index is 681. The molecule has 2 rings (SSSR count). The molecule has 1 aromatic carbocycles. The van der Waals surface area contributed by atoms with Crippen LogP contribution in [-0.2, 0) is 6.54 Å². The third-order valence-corrected chi connectivity index (χ3v) is 4.71. The molecule has 156 valence electrons. The Kier molecular flexibility index (Phi) is 11.8. The van der Waals surface area contributed by atoms with E-state index in [1.807, 2.05) is 47.3 Å². The first-order valence-electron chi connectivity index (χ1n) is 9.95. The van der Waals surface area contributed by atoms with E-state index in [-0.39, 0.29) is 24.0 Å². The van der Waals surface area contributed by atoms with Crippen molar-refractivity contribution in [3.05, 3.63) is 48.3 Å². The van der Waals surface area contributed by atoms with E-state index in [0.717, 1.165) is 43.4 Å². The summed E-state index contributed by atoms with van der Waals surface area (Å²) < 4.78 is 1.89. The van der Waals surface area contributed by atoms with E-state index in [1.165, 1.54) is 6.42 Å². The molecule has 1 aromatic heterocycles. The first-order valence-corrected chi connectivity index (χ1v) is 9.95. The molecule has 0 bridgehead atoms. The standard InChI is InChI=1S/C21H34N6.HI/c1-5-26(6-2)15-10-11-18(3)24-21(22-4)23-17-19-14-16-27(25-19)20-12-8-7-9-13-20;/h7-9,12-14,16,18H,5-6,10-11,15,17H2,1-4H3,(H2,22,23,24);1H. The number of rotatable bonds is 10. The minimum absolute atomic E-state index is 0. The lowest BCUT2D eigenvalue weighted by Crippen LogP contribution is -2.42. The van der Waals surface area contributed by atoms with Crippen LogP contribution in [0.2, 0.25) is 0 Å². The van der Waals surface area contributed by atoms with Crippen molar-refractivity contribution in [3.63, 3.8) is 0 Å². The van der Waals surface area contributed by atoms with Gasteiger partial charge in [0.15, 0.2) is 5.96 Å². The first kappa shape index (κ1) is 24.4. The summed E-state index contributed by atoms with van der Waals surface area (Å²) >= 11 is 0. The molecule has 0 aliphatic carbocycles. The van der Waals surface area contributed by atoms with Gasteiger partial charge in [0, 0.05) is 19.3 Å². The number of hydrogen-bond donors (Lipinski definition) is 2. The van der Waals surface area contributed by atoms with Crippen LogP contribution in [-0.4, -0.2) is 53.4 Å². The van der Waals surface area contributed by atoms with Gasteiger partial charge < -0.3 is 15.5 Å². The van der Waals surface area contributed by atoms with E-state index in [9.17, 15) is 0 Å². The van der Waals surface area contributed by atoms with E-state index in [4.69, 9.17) is 0 Å². The molecular weight excluding hydrogens is 463 g/mol. The fourth-order valence-electron chi connectivity index (χ4n) is 3.02.